The number of nitrogens with one attached hydrogen (secondary N) is 1. The van der Waals surface area contributed by atoms with Crippen LogP contribution >= 0.6 is 11.3 Å². The van der Waals surface area contributed by atoms with Crippen LogP contribution in [0.1, 0.15) is 31.2 Å². The monoisotopic (exact) mass is 333 g/mol. The van der Waals surface area contributed by atoms with E-state index in [9.17, 15) is 9.59 Å². The maximum Gasteiger partial charge on any atom is 0.231 e. The third-order valence-corrected chi connectivity index (χ3v) is 4.60. The van der Waals surface area contributed by atoms with E-state index in [1.54, 1.807) is 22.0 Å². The molecule has 0 aliphatic carbocycles. The molecule has 3 rings (SSSR count). The summed E-state index contributed by atoms with van der Waals surface area (Å²) in [7, 11) is 0. The van der Waals surface area contributed by atoms with Gasteiger partial charge in [0, 0.05) is 36.3 Å². The lowest BCUT2D eigenvalue weighted by Crippen LogP contribution is -2.27. The van der Waals surface area contributed by atoms with Crippen molar-refractivity contribution < 1.29 is 9.59 Å². The average Bonchev–Trinajstić information content (AvgIpc) is 3.18. The molecule has 1 aliphatic rings. The van der Waals surface area contributed by atoms with Gasteiger partial charge in [-0.25, -0.2) is 4.98 Å². The molecule has 7 nitrogen and oxygen atoms in total. The van der Waals surface area contributed by atoms with Gasteiger partial charge in [-0.2, -0.15) is 5.10 Å². The summed E-state index contributed by atoms with van der Waals surface area (Å²) in [5, 5.41) is 7.61. The minimum Gasteiger partial charge on any atom is -0.309 e. The molecule has 23 heavy (non-hydrogen) atoms. The summed E-state index contributed by atoms with van der Waals surface area (Å²) < 4.78 is 1.80. The van der Waals surface area contributed by atoms with Gasteiger partial charge in [-0.15, -0.1) is 11.3 Å². The second-order valence-corrected chi connectivity index (χ2v) is 7.18. The van der Waals surface area contributed by atoms with Gasteiger partial charge in [0.25, 0.3) is 0 Å². The second-order valence-electron chi connectivity index (χ2n) is 5.94. The highest BCUT2D eigenvalue weighted by Crippen LogP contribution is 2.27. The van der Waals surface area contributed by atoms with Crippen molar-refractivity contribution in [1.29, 1.82) is 0 Å². The molecule has 3 heterocycles. The van der Waals surface area contributed by atoms with E-state index in [1.807, 2.05) is 27.0 Å². The van der Waals surface area contributed by atoms with Crippen LogP contribution in [0.4, 0.5) is 10.8 Å². The maximum atomic E-state index is 12.3. The van der Waals surface area contributed by atoms with Crippen molar-refractivity contribution >= 4 is 34.0 Å². The summed E-state index contributed by atoms with van der Waals surface area (Å²) in [6.07, 6.45) is 5.44. The number of carbonyl (C=O) groups excluding carboxylic acids is 2. The highest BCUT2D eigenvalue weighted by Gasteiger charge is 2.36. The zero-order valence-electron chi connectivity index (χ0n) is 13.3. The van der Waals surface area contributed by atoms with E-state index in [-0.39, 0.29) is 30.2 Å². The fraction of sp³-hybridized carbons (Fsp3) is 0.467. The molecule has 1 saturated heterocycles. The van der Waals surface area contributed by atoms with Crippen LogP contribution in [-0.4, -0.2) is 33.1 Å². The van der Waals surface area contributed by atoms with Crippen LogP contribution in [0.15, 0.2) is 18.6 Å². The smallest absolute Gasteiger partial charge is 0.231 e. The number of nitrogens with zero attached hydrogens (tertiary/aromatic N) is 4. The van der Waals surface area contributed by atoms with E-state index in [0.717, 1.165) is 10.6 Å². The van der Waals surface area contributed by atoms with Crippen molar-refractivity contribution in [3.8, 4) is 0 Å². The van der Waals surface area contributed by atoms with Gasteiger partial charge in [0.15, 0.2) is 5.13 Å². The lowest BCUT2D eigenvalue weighted by atomic mass is 10.1. The van der Waals surface area contributed by atoms with Crippen LogP contribution < -0.4 is 10.2 Å². The number of aryl methyl sites for hydroxylation is 1. The summed E-state index contributed by atoms with van der Waals surface area (Å²) in [4.78, 5) is 31.3. The number of thiazole rings is 1. The van der Waals surface area contributed by atoms with Crippen LogP contribution in [0.25, 0.3) is 0 Å². The number of rotatable bonds is 4. The number of amides is 2. The first-order chi connectivity index (χ1) is 10.9. The summed E-state index contributed by atoms with van der Waals surface area (Å²) >= 11 is 1.42. The maximum absolute atomic E-state index is 12.3. The van der Waals surface area contributed by atoms with Gasteiger partial charge in [0.05, 0.1) is 17.8 Å². The number of anilines is 2. The topological polar surface area (TPSA) is 80.1 Å². The molecule has 0 unspecified atom stereocenters. The molecule has 0 saturated carbocycles. The van der Waals surface area contributed by atoms with Gasteiger partial charge < -0.3 is 10.2 Å². The minimum absolute atomic E-state index is 0.0521. The molecule has 0 aromatic carbocycles. The summed E-state index contributed by atoms with van der Waals surface area (Å²) in [5.74, 6) is -0.579. The van der Waals surface area contributed by atoms with Gasteiger partial charge in [-0.3, -0.25) is 14.3 Å². The van der Waals surface area contributed by atoms with Gasteiger partial charge >= 0.3 is 0 Å². The van der Waals surface area contributed by atoms with E-state index in [2.05, 4.69) is 15.4 Å². The number of hydrogen-bond donors (Lipinski definition) is 1. The SMILES string of the molecule is Cc1cnc(NC(=O)[C@H]2CC(=O)N(c3cnn(C(C)C)c3)C2)s1. The van der Waals surface area contributed by atoms with Crippen molar-refractivity contribution in [3.63, 3.8) is 0 Å². The van der Waals surface area contributed by atoms with Crippen molar-refractivity contribution in [2.24, 2.45) is 5.92 Å². The molecule has 0 radical (unpaired) electrons. The minimum atomic E-state index is -0.367. The van der Waals surface area contributed by atoms with E-state index in [4.69, 9.17) is 0 Å². The molecule has 1 fully saturated rings. The van der Waals surface area contributed by atoms with Gasteiger partial charge in [0.1, 0.15) is 0 Å². The molecule has 122 valence electrons. The van der Waals surface area contributed by atoms with Crippen molar-refractivity contribution in [3.05, 3.63) is 23.5 Å². The zero-order valence-corrected chi connectivity index (χ0v) is 14.1. The molecule has 2 aromatic heterocycles. The molecular weight excluding hydrogens is 314 g/mol. The Hall–Kier alpha value is -2.22. The molecule has 1 atom stereocenters. The first-order valence-corrected chi connectivity index (χ1v) is 8.33. The third kappa shape index (κ3) is 3.26. The van der Waals surface area contributed by atoms with Gasteiger partial charge in [0.2, 0.25) is 11.8 Å². The van der Waals surface area contributed by atoms with Crippen molar-refractivity contribution in [2.75, 3.05) is 16.8 Å². The first kappa shape index (κ1) is 15.7. The highest BCUT2D eigenvalue weighted by molar-refractivity contribution is 7.15. The Balaban J connectivity index is 1.67. The average molecular weight is 333 g/mol. The van der Waals surface area contributed by atoms with Gasteiger partial charge in [-0.05, 0) is 20.8 Å². The van der Waals surface area contributed by atoms with Crippen LogP contribution in [0, 0.1) is 12.8 Å². The third-order valence-electron chi connectivity index (χ3n) is 3.78. The predicted octanol–water partition coefficient (Wildman–Crippen LogP) is 2.22. The molecular formula is C15H19N5O2S. The zero-order chi connectivity index (χ0) is 16.6. The Morgan fingerprint density at radius 1 is 1.43 bits per heavy atom. The lowest BCUT2D eigenvalue weighted by molar-refractivity contribution is -0.122. The van der Waals surface area contributed by atoms with Crippen LogP contribution in [0.3, 0.4) is 0 Å². The Labute approximate surface area is 138 Å². The van der Waals surface area contributed by atoms with Crippen molar-refractivity contribution in [2.45, 2.75) is 33.2 Å². The number of carbonyl (C=O) groups is 2. The standard InChI is InChI=1S/C15H19N5O2S/c1-9(2)20-8-12(6-17-20)19-7-11(4-13(19)21)14(22)18-15-16-5-10(3)23-15/h5-6,8-9,11H,4,7H2,1-3H3,(H,16,18,22)/t11-/m0/s1. The summed E-state index contributed by atoms with van der Waals surface area (Å²) in [5.41, 5.74) is 0.740. The number of hydrogen-bond acceptors (Lipinski definition) is 5. The number of aromatic nitrogens is 3. The normalized spacial score (nSPS) is 18.0. The second kappa shape index (κ2) is 6.11. The van der Waals surface area contributed by atoms with Crippen LogP contribution in [0.2, 0.25) is 0 Å². The molecule has 0 spiro atoms. The fourth-order valence-electron chi connectivity index (χ4n) is 2.50. The molecule has 1 N–H and O–H groups in total. The summed E-state index contributed by atoms with van der Waals surface area (Å²) in [6.45, 7) is 6.35. The molecule has 2 aromatic rings. The van der Waals surface area contributed by atoms with Gasteiger partial charge in [-0.1, -0.05) is 0 Å². The van der Waals surface area contributed by atoms with E-state index >= 15 is 0 Å². The molecule has 2 amide bonds. The molecule has 0 bridgehead atoms. The van der Waals surface area contributed by atoms with Crippen LogP contribution in [0.5, 0.6) is 0 Å². The Bertz CT molecular complexity index is 736. The Morgan fingerprint density at radius 3 is 2.83 bits per heavy atom. The lowest BCUT2D eigenvalue weighted by Gasteiger charge is -2.14. The summed E-state index contributed by atoms with van der Waals surface area (Å²) in [6, 6.07) is 0.230. The fourth-order valence-corrected chi connectivity index (χ4v) is 3.17. The molecule has 8 heteroatoms. The van der Waals surface area contributed by atoms with E-state index < -0.39 is 0 Å². The van der Waals surface area contributed by atoms with Crippen molar-refractivity contribution in [1.82, 2.24) is 14.8 Å². The quantitative estimate of drug-likeness (QED) is 0.930. The highest BCUT2D eigenvalue weighted by atomic mass is 32.1. The van der Waals surface area contributed by atoms with E-state index in [1.165, 1.54) is 11.3 Å². The van der Waals surface area contributed by atoms with Crippen LogP contribution in [-0.2, 0) is 9.59 Å². The predicted molar refractivity (Wildman–Crippen MR) is 88.6 cm³/mol. The Morgan fingerprint density at radius 2 is 2.22 bits per heavy atom. The molecule has 1 aliphatic heterocycles. The largest absolute Gasteiger partial charge is 0.309 e. The van der Waals surface area contributed by atoms with E-state index in [0.29, 0.717) is 11.7 Å². The first-order valence-electron chi connectivity index (χ1n) is 7.52. The Kier molecular flexibility index (Phi) is 4.16.